The molecule has 1 unspecified atom stereocenters. The van der Waals surface area contributed by atoms with Gasteiger partial charge in [0.2, 0.25) is 11.8 Å². The van der Waals surface area contributed by atoms with E-state index in [4.69, 9.17) is 0 Å². The Hall–Kier alpha value is -2.80. The minimum absolute atomic E-state index is 0.146. The van der Waals surface area contributed by atoms with E-state index in [-0.39, 0.29) is 22.8 Å². The van der Waals surface area contributed by atoms with Gasteiger partial charge in [0, 0.05) is 12.2 Å². The summed E-state index contributed by atoms with van der Waals surface area (Å²) in [6.45, 7) is 4.09. The number of aryl methyl sites for hydroxylation is 1. The summed E-state index contributed by atoms with van der Waals surface area (Å²) >= 11 is 1.27. The van der Waals surface area contributed by atoms with E-state index in [0.717, 1.165) is 16.8 Å². The number of amides is 2. The molecule has 0 aliphatic carbocycles. The zero-order valence-corrected chi connectivity index (χ0v) is 17.0. The summed E-state index contributed by atoms with van der Waals surface area (Å²) in [7, 11) is 1.33. The van der Waals surface area contributed by atoms with E-state index in [1.165, 1.54) is 18.9 Å². The summed E-state index contributed by atoms with van der Waals surface area (Å²) in [4.78, 5) is 35.6. The van der Waals surface area contributed by atoms with E-state index in [0.29, 0.717) is 12.1 Å². The van der Waals surface area contributed by atoms with Crippen molar-refractivity contribution < 1.29 is 19.1 Å². The average Bonchev–Trinajstić information content (AvgIpc) is 2.71. The van der Waals surface area contributed by atoms with Crippen LogP contribution in [0.1, 0.15) is 28.4 Å². The second-order valence-electron chi connectivity index (χ2n) is 6.27. The summed E-state index contributed by atoms with van der Waals surface area (Å²) in [5, 5.41) is 5.28. The standard InChI is InChI=1S/C21H24N2O4S/c1-14-4-10-18(11-5-14)23-19(24)13-28-15(2)20(25)22-12-16-6-8-17(9-7-16)21(26)27-3/h4-11,15H,12-13H2,1-3H3,(H,22,25)(H,23,24). The fraction of sp³-hybridized carbons (Fsp3) is 0.286. The van der Waals surface area contributed by atoms with Crippen LogP contribution in [0.3, 0.4) is 0 Å². The van der Waals surface area contributed by atoms with E-state index in [1.807, 2.05) is 31.2 Å². The van der Waals surface area contributed by atoms with Crippen LogP contribution in [0.4, 0.5) is 5.69 Å². The summed E-state index contributed by atoms with van der Waals surface area (Å²) in [6.07, 6.45) is 0. The highest BCUT2D eigenvalue weighted by Gasteiger charge is 2.15. The van der Waals surface area contributed by atoms with E-state index in [9.17, 15) is 14.4 Å². The Kier molecular flexibility index (Phi) is 8.07. The second kappa shape index (κ2) is 10.5. The third kappa shape index (κ3) is 6.74. The van der Waals surface area contributed by atoms with Gasteiger partial charge in [-0.05, 0) is 43.7 Å². The summed E-state index contributed by atoms with van der Waals surface area (Å²) in [5.74, 6) is -0.502. The van der Waals surface area contributed by atoms with E-state index in [2.05, 4.69) is 15.4 Å². The van der Waals surface area contributed by atoms with Crippen molar-refractivity contribution in [2.45, 2.75) is 25.6 Å². The molecule has 28 heavy (non-hydrogen) atoms. The van der Waals surface area contributed by atoms with Gasteiger partial charge in [-0.2, -0.15) is 0 Å². The van der Waals surface area contributed by atoms with Crippen molar-refractivity contribution >= 4 is 35.2 Å². The fourth-order valence-corrected chi connectivity index (χ4v) is 3.03. The largest absolute Gasteiger partial charge is 0.465 e. The molecule has 0 fully saturated rings. The van der Waals surface area contributed by atoms with Gasteiger partial charge in [0.1, 0.15) is 0 Å². The Labute approximate surface area is 169 Å². The molecule has 2 rings (SSSR count). The van der Waals surface area contributed by atoms with Crippen molar-refractivity contribution in [3.8, 4) is 0 Å². The van der Waals surface area contributed by atoms with Crippen molar-refractivity contribution in [1.82, 2.24) is 5.32 Å². The molecule has 0 saturated carbocycles. The predicted molar refractivity (Wildman–Crippen MR) is 111 cm³/mol. The number of esters is 1. The van der Waals surface area contributed by atoms with Crippen LogP contribution >= 0.6 is 11.8 Å². The molecule has 0 bridgehead atoms. The number of methoxy groups -OCH3 is 1. The lowest BCUT2D eigenvalue weighted by molar-refractivity contribution is -0.120. The van der Waals surface area contributed by atoms with Crippen LogP contribution in [0.2, 0.25) is 0 Å². The maximum atomic E-state index is 12.2. The lowest BCUT2D eigenvalue weighted by atomic mass is 10.1. The van der Waals surface area contributed by atoms with Crippen LogP contribution in [-0.4, -0.2) is 35.9 Å². The number of benzene rings is 2. The number of carbonyl (C=O) groups is 3. The Morgan fingerprint density at radius 1 is 1.04 bits per heavy atom. The molecule has 1 atom stereocenters. The molecule has 0 aromatic heterocycles. The molecule has 6 nitrogen and oxygen atoms in total. The highest BCUT2D eigenvalue weighted by molar-refractivity contribution is 8.01. The maximum Gasteiger partial charge on any atom is 0.337 e. The zero-order chi connectivity index (χ0) is 20.5. The number of hydrogen-bond acceptors (Lipinski definition) is 5. The highest BCUT2D eigenvalue weighted by Crippen LogP contribution is 2.14. The number of rotatable bonds is 8. The minimum Gasteiger partial charge on any atom is -0.465 e. The molecule has 7 heteroatoms. The molecular formula is C21H24N2O4S. The van der Waals surface area contributed by atoms with Crippen LogP contribution in [0.25, 0.3) is 0 Å². The second-order valence-corrected chi connectivity index (χ2v) is 7.60. The van der Waals surface area contributed by atoms with Crippen LogP contribution < -0.4 is 10.6 Å². The lowest BCUT2D eigenvalue weighted by Gasteiger charge is -2.12. The van der Waals surface area contributed by atoms with E-state index >= 15 is 0 Å². The first-order chi connectivity index (χ1) is 13.4. The third-order valence-corrected chi connectivity index (χ3v) is 5.15. The molecule has 0 heterocycles. The van der Waals surface area contributed by atoms with Gasteiger partial charge in [-0.15, -0.1) is 11.8 Å². The van der Waals surface area contributed by atoms with Crippen LogP contribution in [-0.2, 0) is 20.9 Å². The van der Waals surface area contributed by atoms with Gasteiger partial charge in [0.15, 0.2) is 0 Å². The van der Waals surface area contributed by atoms with Gasteiger partial charge in [0.25, 0.3) is 0 Å². The third-order valence-electron chi connectivity index (χ3n) is 4.01. The summed E-state index contributed by atoms with van der Waals surface area (Å²) in [5.41, 5.74) is 3.19. The number of anilines is 1. The predicted octanol–water partition coefficient (Wildman–Crippen LogP) is 3.16. The molecule has 2 aromatic carbocycles. The Morgan fingerprint density at radius 2 is 1.68 bits per heavy atom. The molecule has 2 amide bonds. The van der Waals surface area contributed by atoms with Gasteiger partial charge in [0.05, 0.1) is 23.7 Å². The minimum atomic E-state index is -0.399. The average molecular weight is 401 g/mol. The Morgan fingerprint density at radius 3 is 2.29 bits per heavy atom. The van der Waals surface area contributed by atoms with E-state index < -0.39 is 5.97 Å². The molecule has 0 radical (unpaired) electrons. The number of thioether (sulfide) groups is 1. The normalized spacial score (nSPS) is 11.4. The number of ether oxygens (including phenoxy) is 1. The number of nitrogens with one attached hydrogen (secondary N) is 2. The van der Waals surface area contributed by atoms with Gasteiger partial charge < -0.3 is 15.4 Å². The maximum absolute atomic E-state index is 12.2. The zero-order valence-electron chi connectivity index (χ0n) is 16.2. The van der Waals surface area contributed by atoms with Crippen molar-refractivity contribution in [3.63, 3.8) is 0 Å². The van der Waals surface area contributed by atoms with Gasteiger partial charge in [-0.1, -0.05) is 29.8 Å². The first-order valence-corrected chi connectivity index (χ1v) is 9.87. The monoisotopic (exact) mass is 400 g/mol. The van der Waals surface area contributed by atoms with E-state index in [1.54, 1.807) is 31.2 Å². The SMILES string of the molecule is COC(=O)c1ccc(CNC(=O)C(C)SCC(=O)Nc2ccc(C)cc2)cc1. The topological polar surface area (TPSA) is 84.5 Å². The van der Waals surface area contributed by atoms with Crippen molar-refractivity contribution in [2.75, 3.05) is 18.2 Å². The van der Waals surface area contributed by atoms with Crippen molar-refractivity contribution in [1.29, 1.82) is 0 Å². The Balaban J connectivity index is 1.74. The highest BCUT2D eigenvalue weighted by atomic mass is 32.2. The van der Waals surface area contributed by atoms with Gasteiger partial charge in [-0.3, -0.25) is 9.59 Å². The smallest absolute Gasteiger partial charge is 0.337 e. The first-order valence-electron chi connectivity index (χ1n) is 8.82. The Bertz CT molecular complexity index is 819. The van der Waals surface area contributed by atoms with Crippen LogP contribution in [0.5, 0.6) is 0 Å². The molecule has 0 spiro atoms. The molecular weight excluding hydrogens is 376 g/mol. The molecule has 148 valence electrons. The summed E-state index contributed by atoms with van der Waals surface area (Å²) < 4.78 is 4.65. The van der Waals surface area contributed by atoms with Crippen molar-refractivity contribution in [2.24, 2.45) is 0 Å². The van der Waals surface area contributed by atoms with Crippen molar-refractivity contribution in [3.05, 3.63) is 65.2 Å². The van der Waals surface area contributed by atoms with Gasteiger partial charge in [-0.25, -0.2) is 4.79 Å². The number of hydrogen-bond donors (Lipinski definition) is 2. The fourth-order valence-electron chi connectivity index (χ4n) is 2.32. The van der Waals surface area contributed by atoms with Crippen LogP contribution in [0, 0.1) is 6.92 Å². The molecule has 0 aliphatic heterocycles. The molecule has 0 saturated heterocycles. The quantitative estimate of drug-likeness (QED) is 0.665. The van der Waals surface area contributed by atoms with Gasteiger partial charge >= 0.3 is 5.97 Å². The first kappa shape index (κ1) is 21.5. The molecule has 2 N–H and O–H groups in total. The molecule has 0 aliphatic rings. The molecule has 2 aromatic rings. The lowest BCUT2D eigenvalue weighted by Crippen LogP contribution is -2.31. The van der Waals surface area contributed by atoms with Crippen LogP contribution in [0.15, 0.2) is 48.5 Å². The number of carbonyl (C=O) groups excluding carboxylic acids is 3. The summed E-state index contributed by atoms with van der Waals surface area (Å²) in [6, 6.07) is 14.4.